The molecule has 1 aromatic heterocycles. The fourth-order valence-corrected chi connectivity index (χ4v) is 1.51. The molecule has 2 rings (SSSR count). The van der Waals surface area contributed by atoms with Crippen molar-refractivity contribution >= 4 is 11.4 Å². The van der Waals surface area contributed by atoms with Crippen molar-refractivity contribution in [3.63, 3.8) is 0 Å². The Labute approximate surface area is 102 Å². The van der Waals surface area contributed by atoms with Gasteiger partial charge in [-0.15, -0.1) is 0 Å². The summed E-state index contributed by atoms with van der Waals surface area (Å²) in [6.07, 6.45) is 1.64. The Morgan fingerprint density at radius 1 is 1.56 bits per heavy atom. The maximum atomic E-state index is 13.5. The van der Waals surface area contributed by atoms with Crippen molar-refractivity contribution in [2.45, 2.75) is 13.5 Å². The van der Waals surface area contributed by atoms with E-state index < -0.39 is 10.7 Å². The van der Waals surface area contributed by atoms with Crippen LogP contribution in [0.15, 0.2) is 24.4 Å². The van der Waals surface area contributed by atoms with Crippen molar-refractivity contribution < 1.29 is 9.31 Å². The summed E-state index contributed by atoms with van der Waals surface area (Å²) in [7, 11) is 0. The zero-order valence-electron chi connectivity index (χ0n) is 9.61. The van der Waals surface area contributed by atoms with Crippen LogP contribution in [-0.4, -0.2) is 14.9 Å². The van der Waals surface area contributed by atoms with Gasteiger partial charge in [0, 0.05) is 6.07 Å². The molecule has 0 spiro atoms. The maximum Gasteiger partial charge on any atom is 0.272 e. The van der Waals surface area contributed by atoms with E-state index in [-0.39, 0.29) is 11.4 Å². The van der Waals surface area contributed by atoms with Gasteiger partial charge in [0.05, 0.1) is 35.1 Å². The molecule has 0 saturated heterocycles. The topological polar surface area (TPSA) is 83.8 Å². The van der Waals surface area contributed by atoms with Crippen LogP contribution in [0.4, 0.5) is 15.8 Å². The van der Waals surface area contributed by atoms with E-state index in [9.17, 15) is 14.5 Å². The highest BCUT2D eigenvalue weighted by atomic mass is 19.1. The smallest absolute Gasteiger partial charge is 0.272 e. The molecule has 6 nitrogen and oxygen atoms in total. The zero-order valence-corrected chi connectivity index (χ0v) is 9.61. The average Bonchev–Trinajstić information content (AvgIpc) is 2.73. The zero-order chi connectivity index (χ0) is 13.1. The van der Waals surface area contributed by atoms with Crippen LogP contribution < -0.4 is 5.32 Å². The summed E-state index contributed by atoms with van der Waals surface area (Å²) in [6, 6.07) is 3.49. The van der Waals surface area contributed by atoms with Gasteiger partial charge < -0.3 is 10.3 Å². The minimum Gasteiger partial charge on any atom is -0.377 e. The molecule has 1 heterocycles. The largest absolute Gasteiger partial charge is 0.377 e. The molecule has 94 valence electrons. The molecule has 0 unspecified atom stereocenters. The van der Waals surface area contributed by atoms with Crippen LogP contribution in [0.2, 0.25) is 0 Å². The van der Waals surface area contributed by atoms with Crippen LogP contribution in [0.1, 0.15) is 11.5 Å². The first-order valence-corrected chi connectivity index (χ1v) is 5.24. The number of hydrogen-bond acceptors (Lipinski definition) is 4. The first-order valence-electron chi connectivity index (χ1n) is 5.24. The van der Waals surface area contributed by atoms with E-state index in [1.54, 1.807) is 6.20 Å². The molecule has 2 N–H and O–H groups in total. The number of imidazole rings is 1. The Morgan fingerprint density at radius 2 is 2.33 bits per heavy atom. The summed E-state index contributed by atoms with van der Waals surface area (Å²) < 4.78 is 13.5. The van der Waals surface area contributed by atoms with E-state index in [0.717, 1.165) is 17.6 Å². The molecular formula is C11H11FN4O2. The molecule has 0 atom stereocenters. The lowest BCUT2D eigenvalue weighted by atomic mass is 10.2. The van der Waals surface area contributed by atoms with Gasteiger partial charge in [-0.1, -0.05) is 0 Å². The Balaban J connectivity index is 2.08. The Hall–Kier alpha value is -2.44. The summed E-state index contributed by atoms with van der Waals surface area (Å²) in [4.78, 5) is 16.8. The number of aryl methyl sites for hydroxylation is 1. The second-order valence-corrected chi connectivity index (χ2v) is 3.77. The highest BCUT2D eigenvalue weighted by Crippen LogP contribution is 2.20. The van der Waals surface area contributed by atoms with Gasteiger partial charge in [0.15, 0.2) is 5.82 Å². The molecule has 2 aromatic rings. The number of aromatic amines is 1. The highest BCUT2D eigenvalue weighted by molar-refractivity contribution is 5.50. The lowest BCUT2D eigenvalue weighted by Crippen LogP contribution is -2.02. The fourth-order valence-electron chi connectivity index (χ4n) is 1.51. The number of rotatable bonds is 4. The monoisotopic (exact) mass is 250 g/mol. The van der Waals surface area contributed by atoms with Crippen molar-refractivity contribution in [2.75, 3.05) is 5.32 Å². The first kappa shape index (κ1) is 12.0. The summed E-state index contributed by atoms with van der Waals surface area (Å²) in [5.74, 6) is 0.122. The van der Waals surface area contributed by atoms with Gasteiger partial charge in [-0.2, -0.15) is 0 Å². The number of nitrogens with one attached hydrogen (secondary N) is 2. The number of non-ortho nitro benzene ring substituents is 1. The Morgan fingerprint density at radius 3 is 2.89 bits per heavy atom. The van der Waals surface area contributed by atoms with E-state index in [1.165, 1.54) is 12.1 Å². The van der Waals surface area contributed by atoms with Crippen LogP contribution in [0, 0.1) is 22.9 Å². The lowest BCUT2D eigenvalue weighted by Gasteiger charge is -2.05. The molecule has 18 heavy (non-hydrogen) atoms. The van der Waals surface area contributed by atoms with Gasteiger partial charge in [-0.05, 0) is 13.0 Å². The van der Waals surface area contributed by atoms with E-state index in [2.05, 4.69) is 15.3 Å². The van der Waals surface area contributed by atoms with Crippen LogP contribution in [0.5, 0.6) is 0 Å². The van der Waals surface area contributed by atoms with Gasteiger partial charge in [-0.3, -0.25) is 10.1 Å². The molecule has 0 bridgehead atoms. The third-order valence-corrected chi connectivity index (χ3v) is 2.39. The van der Waals surface area contributed by atoms with Crippen molar-refractivity contribution in [3.05, 3.63) is 51.8 Å². The van der Waals surface area contributed by atoms with Gasteiger partial charge >= 0.3 is 0 Å². The van der Waals surface area contributed by atoms with Crippen molar-refractivity contribution in [2.24, 2.45) is 0 Å². The van der Waals surface area contributed by atoms with Gasteiger partial charge in [0.2, 0.25) is 0 Å². The van der Waals surface area contributed by atoms with E-state index in [0.29, 0.717) is 6.54 Å². The molecule has 0 amide bonds. The van der Waals surface area contributed by atoms with Gasteiger partial charge in [0.25, 0.3) is 5.69 Å². The van der Waals surface area contributed by atoms with E-state index >= 15 is 0 Å². The number of hydrogen-bond donors (Lipinski definition) is 2. The molecule has 0 aliphatic carbocycles. The third-order valence-electron chi connectivity index (χ3n) is 2.39. The summed E-state index contributed by atoms with van der Waals surface area (Å²) in [6.45, 7) is 2.19. The maximum absolute atomic E-state index is 13.5. The second-order valence-electron chi connectivity index (χ2n) is 3.77. The van der Waals surface area contributed by atoms with Crippen LogP contribution in [0.3, 0.4) is 0 Å². The van der Waals surface area contributed by atoms with Gasteiger partial charge in [-0.25, -0.2) is 9.37 Å². The van der Waals surface area contributed by atoms with Crippen LogP contribution in [-0.2, 0) is 6.54 Å². The van der Waals surface area contributed by atoms with Crippen LogP contribution >= 0.6 is 0 Å². The number of halogens is 1. The molecule has 0 aliphatic rings. The first-order chi connectivity index (χ1) is 8.56. The van der Waals surface area contributed by atoms with Gasteiger partial charge in [0.1, 0.15) is 5.82 Å². The summed E-state index contributed by atoms with van der Waals surface area (Å²) in [5.41, 5.74) is 0.758. The number of anilines is 1. The normalized spacial score (nSPS) is 10.3. The highest BCUT2D eigenvalue weighted by Gasteiger charge is 2.10. The quantitative estimate of drug-likeness (QED) is 0.644. The standard InChI is InChI=1S/C11H11FN4O2/c1-7-13-5-8(15-7)6-14-11-3-2-9(16(17)18)4-10(11)12/h2-5,14H,6H2,1H3,(H,13,15). The van der Waals surface area contributed by atoms with Crippen molar-refractivity contribution in [1.29, 1.82) is 0 Å². The van der Waals surface area contributed by atoms with E-state index in [1.807, 2.05) is 6.92 Å². The Kier molecular flexibility index (Phi) is 3.22. The lowest BCUT2D eigenvalue weighted by molar-refractivity contribution is -0.385. The molecule has 0 fully saturated rings. The predicted octanol–water partition coefficient (Wildman–Crippen LogP) is 2.38. The minimum atomic E-state index is -0.652. The predicted molar refractivity (Wildman–Crippen MR) is 63.7 cm³/mol. The number of nitro benzene ring substituents is 1. The molecule has 0 radical (unpaired) electrons. The average molecular weight is 250 g/mol. The summed E-state index contributed by atoms with van der Waals surface area (Å²) in [5, 5.41) is 13.3. The Bertz CT molecular complexity index is 582. The second kappa shape index (κ2) is 4.82. The minimum absolute atomic E-state index is 0.216. The van der Waals surface area contributed by atoms with Crippen molar-refractivity contribution in [1.82, 2.24) is 9.97 Å². The number of aromatic nitrogens is 2. The fraction of sp³-hybridized carbons (Fsp3) is 0.182. The summed E-state index contributed by atoms with van der Waals surface area (Å²) >= 11 is 0. The van der Waals surface area contributed by atoms with E-state index in [4.69, 9.17) is 0 Å². The SMILES string of the molecule is Cc1ncc(CNc2ccc([N+](=O)[O-])cc2F)[nH]1. The number of benzene rings is 1. The molecule has 7 heteroatoms. The number of nitro groups is 1. The molecule has 0 saturated carbocycles. The van der Waals surface area contributed by atoms with Crippen molar-refractivity contribution in [3.8, 4) is 0 Å². The number of H-pyrrole nitrogens is 1. The molecular weight excluding hydrogens is 239 g/mol. The third kappa shape index (κ3) is 2.62. The van der Waals surface area contributed by atoms with Crippen LogP contribution in [0.25, 0.3) is 0 Å². The molecule has 0 aliphatic heterocycles. The molecule has 1 aromatic carbocycles. The number of nitrogens with zero attached hydrogens (tertiary/aromatic N) is 2.